The van der Waals surface area contributed by atoms with Gasteiger partial charge >= 0.3 is 0 Å². The SMILES string of the molecule is CC(=O)CSc1n[nH]c(-c2ccc(N=O)cc2O)n1. The number of hydrogen-bond acceptors (Lipinski definition) is 7. The maximum absolute atomic E-state index is 10.9. The van der Waals surface area contributed by atoms with Gasteiger partial charge in [-0.1, -0.05) is 11.8 Å². The molecule has 1 heterocycles. The van der Waals surface area contributed by atoms with Gasteiger partial charge in [0.05, 0.1) is 11.3 Å². The van der Waals surface area contributed by atoms with Crippen LogP contribution in [0.1, 0.15) is 6.92 Å². The van der Waals surface area contributed by atoms with Crippen LogP contribution in [0.3, 0.4) is 0 Å². The van der Waals surface area contributed by atoms with Crippen molar-refractivity contribution in [1.82, 2.24) is 15.2 Å². The molecule has 0 aliphatic carbocycles. The average molecular weight is 278 g/mol. The summed E-state index contributed by atoms with van der Waals surface area (Å²) in [5.74, 6) is 0.565. The van der Waals surface area contributed by atoms with Gasteiger partial charge in [0, 0.05) is 6.07 Å². The second-order valence-corrected chi connectivity index (χ2v) is 4.69. The highest BCUT2D eigenvalue weighted by Crippen LogP contribution is 2.31. The van der Waals surface area contributed by atoms with E-state index in [0.29, 0.717) is 16.5 Å². The van der Waals surface area contributed by atoms with Crippen LogP contribution in [-0.4, -0.2) is 31.8 Å². The van der Waals surface area contributed by atoms with Crippen LogP contribution in [0.25, 0.3) is 11.4 Å². The number of aromatic nitrogens is 3. The molecule has 0 fully saturated rings. The molecule has 2 rings (SSSR count). The second kappa shape index (κ2) is 5.61. The molecule has 2 aromatic rings. The second-order valence-electron chi connectivity index (χ2n) is 3.75. The fourth-order valence-electron chi connectivity index (χ4n) is 1.37. The van der Waals surface area contributed by atoms with Gasteiger partial charge < -0.3 is 5.11 Å². The van der Waals surface area contributed by atoms with Crippen molar-refractivity contribution in [2.24, 2.45) is 5.18 Å². The average Bonchev–Trinajstić information content (AvgIpc) is 2.84. The van der Waals surface area contributed by atoms with E-state index in [-0.39, 0.29) is 23.0 Å². The topological polar surface area (TPSA) is 108 Å². The zero-order valence-electron chi connectivity index (χ0n) is 9.95. The van der Waals surface area contributed by atoms with E-state index in [2.05, 4.69) is 20.4 Å². The number of rotatable bonds is 5. The zero-order valence-corrected chi connectivity index (χ0v) is 10.8. The Bertz CT molecular complexity index is 626. The first kappa shape index (κ1) is 13.2. The lowest BCUT2D eigenvalue weighted by Gasteiger charge is -2.00. The van der Waals surface area contributed by atoms with E-state index in [9.17, 15) is 14.8 Å². The van der Waals surface area contributed by atoms with Gasteiger partial charge in [0.15, 0.2) is 5.82 Å². The van der Waals surface area contributed by atoms with Gasteiger partial charge in [0.1, 0.15) is 17.2 Å². The van der Waals surface area contributed by atoms with Crippen LogP contribution >= 0.6 is 11.8 Å². The number of aromatic hydroxyl groups is 1. The minimum absolute atomic E-state index is 0.0283. The van der Waals surface area contributed by atoms with Crippen molar-refractivity contribution in [3.63, 3.8) is 0 Å². The molecule has 19 heavy (non-hydrogen) atoms. The molecule has 0 atom stereocenters. The molecule has 7 nitrogen and oxygen atoms in total. The summed E-state index contributed by atoms with van der Waals surface area (Å²) in [7, 11) is 0. The van der Waals surface area contributed by atoms with Gasteiger partial charge in [0.2, 0.25) is 5.16 Å². The van der Waals surface area contributed by atoms with Crippen molar-refractivity contribution in [2.75, 3.05) is 5.75 Å². The lowest BCUT2D eigenvalue weighted by atomic mass is 10.2. The Morgan fingerprint density at radius 1 is 1.53 bits per heavy atom. The van der Waals surface area contributed by atoms with Gasteiger partial charge in [-0.3, -0.25) is 9.89 Å². The van der Waals surface area contributed by atoms with Crippen molar-refractivity contribution in [3.8, 4) is 17.1 Å². The van der Waals surface area contributed by atoms with E-state index < -0.39 is 0 Å². The number of H-pyrrole nitrogens is 1. The maximum atomic E-state index is 10.9. The largest absolute Gasteiger partial charge is 0.507 e. The predicted molar refractivity (Wildman–Crippen MR) is 70.3 cm³/mol. The Hall–Kier alpha value is -2.22. The number of ketones is 1. The lowest BCUT2D eigenvalue weighted by Crippen LogP contribution is -1.93. The molecule has 0 aliphatic heterocycles. The summed E-state index contributed by atoms with van der Waals surface area (Å²) >= 11 is 1.20. The van der Waals surface area contributed by atoms with Crippen LogP contribution in [0, 0.1) is 4.91 Å². The van der Waals surface area contributed by atoms with Crippen molar-refractivity contribution >= 4 is 23.2 Å². The Morgan fingerprint density at radius 2 is 2.32 bits per heavy atom. The van der Waals surface area contributed by atoms with E-state index in [0.717, 1.165) is 0 Å². The summed E-state index contributed by atoms with van der Waals surface area (Å²) in [5.41, 5.74) is 0.543. The fraction of sp³-hybridized carbons (Fsp3) is 0.182. The smallest absolute Gasteiger partial charge is 0.209 e. The number of benzene rings is 1. The van der Waals surface area contributed by atoms with Crippen LogP contribution < -0.4 is 0 Å². The number of hydrogen-bond donors (Lipinski definition) is 2. The normalized spacial score (nSPS) is 10.4. The van der Waals surface area contributed by atoms with Gasteiger partial charge in [-0.15, -0.1) is 10.0 Å². The fourth-order valence-corrected chi connectivity index (χ4v) is 1.97. The van der Waals surface area contributed by atoms with Gasteiger partial charge in [-0.25, -0.2) is 4.98 Å². The molecule has 0 aliphatic rings. The monoisotopic (exact) mass is 278 g/mol. The van der Waals surface area contributed by atoms with Crippen LogP contribution in [-0.2, 0) is 4.79 Å². The number of nitrogens with zero attached hydrogens (tertiary/aromatic N) is 3. The Morgan fingerprint density at radius 3 is 2.95 bits per heavy atom. The van der Waals surface area contributed by atoms with Crippen molar-refractivity contribution in [3.05, 3.63) is 23.1 Å². The standard InChI is InChI=1S/C11H10N4O3S/c1-6(16)5-19-11-12-10(13-14-11)8-3-2-7(15-18)4-9(8)17/h2-4,17H,5H2,1H3,(H,12,13,14). The molecular formula is C11H10N4O3S. The molecule has 0 spiro atoms. The Labute approximate surface area is 112 Å². The van der Waals surface area contributed by atoms with E-state index >= 15 is 0 Å². The molecule has 0 saturated carbocycles. The first-order chi connectivity index (χ1) is 9.10. The van der Waals surface area contributed by atoms with Crippen LogP contribution in [0.2, 0.25) is 0 Å². The van der Waals surface area contributed by atoms with E-state index in [1.807, 2.05) is 0 Å². The zero-order chi connectivity index (χ0) is 13.8. The van der Waals surface area contributed by atoms with Gasteiger partial charge in [0.25, 0.3) is 0 Å². The number of phenolic OH excluding ortho intramolecular Hbond substituents is 1. The molecule has 2 N–H and O–H groups in total. The third-order valence-corrected chi connectivity index (χ3v) is 3.20. The van der Waals surface area contributed by atoms with Crippen molar-refractivity contribution in [2.45, 2.75) is 12.1 Å². The lowest BCUT2D eigenvalue weighted by molar-refractivity contribution is -0.114. The number of carbonyl (C=O) groups excluding carboxylic acids is 1. The molecule has 0 radical (unpaired) electrons. The number of thioether (sulfide) groups is 1. The molecular weight excluding hydrogens is 268 g/mol. The number of Topliss-reactive ketones (excluding diaryl/α,β-unsaturated/α-hetero) is 1. The number of carbonyl (C=O) groups is 1. The molecule has 0 bridgehead atoms. The third kappa shape index (κ3) is 3.16. The molecule has 0 saturated heterocycles. The Balaban J connectivity index is 2.22. The number of nitrogens with one attached hydrogen (secondary N) is 1. The summed E-state index contributed by atoms with van der Waals surface area (Å²) < 4.78 is 0. The first-order valence-electron chi connectivity index (χ1n) is 5.31. The maximum Gasteiger partial charge on any atom is 0.209 e. The summed E-state index contributed by atoms with van der Waals surface area (Å²) in [6, 6.07) is 4.23. The molecule has 1 aromatic heterocycles. The first-order valence-corrected chi connectivity index (χ1v) is 6.30. The van der Waals surface area contributed by atoms with E-state index in [4.69, 9.17) is 0 Å². The summed E-state index contributed by atoms with van der Waals surface area (Å²) in [6.45, 7) is 1.48. The molecule has 8 heteroatoms. The minimum atomic E-state index is -0.114. The van der Waals surface area contributed by atoms with Crippen molar-refractivity contribution in [1.29, 1.82) is 0 Å². The van der Waals surface area contributed by atoms with Gasteiger partial charge in [-0.2, -0.15) is 0 Å². The summed E-state index contributed by atoms with van der Waals surface area (Å²) in [5, 5.41) is 19.5. The van der Waals surface area contributed by atoms with Gasteiger partial charge in [-0.05, 0) is 24.2 Å². The molecule has 0 amide bonds. The number of aromatic amines is 1. The Kier molecular flexibility index (Phi) is 3.91. The highest BCUT2D eigenvalue weighted by Gasteiger charge is 2.11. The van der Waals surface area contributed by atoms with Crippen LogP contribution in [0.4, 0.5) is 5.69 Å². The minimum Gasteiger partial charge on any atom is -0.507 e. The highest BCUT2D eigenvalue weighted by molar-refractivity contribution is 7.99. The quantitative estimate of drug-likeness (QED) is 0.641. The van der Waals surface area contributed by atoms with Crippen LogP contribution in [0.5, 0.6) is 5.75 Å². The molecule has 98 valence electrons. The number of phenols is 1. The summed E-state index contributed by atoms with van der Waals surface area (Å²) in [6.07, 6.45) is 0. The van der Waals surface area contributed by atoms with Crippen LogP contribution in [0.15, 0.2) is 28.5 Å². The number of nitroso groups, excluding NO2 is 1. The third-order valence-electron chi connectivity index (χ3n) is 2.21. The van der Waals surface area contributed by atoms with Crippen molar-refractivity contribution < 1.29 is 9.90 Å². The molecule has 0 unspecified atom stereocenters. The predicted octanol–water partition coefficient (Wildman–Crippen LogP) is 2.26. The highest BCUT2D eigenvalue weighted by atomic mass is 32.2. The van der Waals surface area contributed by atoms with E-state index in [1.54, 1.807) is 0 Å². The van der Waals surface area contributed by atoms with E-state index in [1.165, 1.54) is 36.9 Å². The molecule has 1 aromatic carbocycles. The summed E-state index contributed by atoms with van der Waals surface area (Å²) in [4.78, 5) is 25.3.